The van der Waals surface area contributed by atoms with E-state index in [9.17, 15) is 4.79 Å². The van der Waals surface area contributed by atoms with E-state index in [0.29, 0.717) is 6.61 Å². The van der Waals surface area contributed by atoms with E-state index < -0.39 is 0 Å². The predicted octanol–water partition coefficient (Wildman–Crippen LogP) is 4.59. The first-order valence-corrected chi connectivity index (χ1v) is 6.99. The van der Waals surface area contributed by atoms with Crippen molar-refractivity contribution in [2.24, 2.45) is 5.92 Å². The molecule has 0 heterocycles. The number of ether oxygens (including phenoxy) is 1. The molecule has 0 bridgehead atoms. The molecule has 0 spiro atoms. The molecule has 0 aliphatic rings. The monoisotopic (exact) mass is 268 g/mol. The van der Waals surface area contributed by atoms with Gasteiger partial charge in [-0.3, -0.25) is 4.79 Å². The molecular formula is C18H20O2. The molecule has 0 unspecified atom stereocenters. The van der Waals surface area contributed by atoms with Crippen molar-refractivity contribution in [3.05, 3.63) is 54.1 Å². The third-order valence-corrected chi connectivity index (χ3v) is 3.17. The second kappa shape index (κ2) is 6.38. The molecule has 0 saturated carbocycles. The van der Waals surface area contributed by atoms with Crippen LogP contribution in [0.15, 0.2) is 48.5 Å². The van der Waals surface area contributed by atoms with Gasteiger partial charge in [0.2, 0.25) is 0 Å². The predicted molar refractivity (Wildman–Crippen MR) is 82.2 cm³/mol. The van der Waals surface area contributed by atoms with Crippen molar-refractivity contribution in [1.82, 2.24) is 0 Å². The van der Waals surface area contributed by atoms with Gasteiger partial charge in [-0.25, -0.2) is 0 Å². The minimum Gasteiger partial charge on any atom is -0.494 e. The van der Waals surface area contributed by atoms with E-state index in [1.54, 1.807) is 0 Å². The minimum absolute atomic E-state index is 0.0191. The van der Waals surface area contributed by atoms with Crippen LogP contribution in [0, 0.1) is 5.92 Å². The van der Waals surface area contributed by atoms with E-state index in [1.807, 2.05) is 69.3 Å². The van der Waals surface area contributed by atoms with Gasteiger partial charge in [0.25, 0.3) is 0 Å². The fourth-order valence-electron chi connectivity index (χ4n) is 2.10. The SMILES string of the molecule is CCOc1ccc(-c2cccc(C(=O)C(C)C)c2)cc1. The highest BCUT2D eigenvalue weighted by molar-refractivity contribution is 5.98. The number of ketones is 1. The lowest BCUT2D eigenvalue weighted by Crippen LogP contribution is -2.07. The van der Waals surface area contributed by atoms with Crippen molar-refractivity contribution >= 4 is 5.78 Å². The Morgan fingerprint density at radius 3 is 2.35 bits per heavy atom. The fraction of sp³-hybridized carbons (Fsp3) is 0.278. The van der Waals surface area contributed by atoms with Gasteiger partial charge in [-0.2, -0.15) is 0 Å². The Morgan fingerprint density at radius 2 is 1.75 bits per heavy atom. The van der Waals surface area contributed by atoms with E-state index >= 15 is 0 Å². The third kappa shape index (κ3) is 3.27. The maximum absolute atomic E-state index is 12.0. The first-order valence-electron chi connectivity index (χ1n) is 6.99. The second-order valence-corrected chi connectivity index (χ2v) is 5.06. The number of carbonyl (C=O) groups is 1. The Hall–Kier alpha value is -2.09. The smallest absolute Gasteiger partial charge is 0.165 e. The van der Waals surface area contributed by atoms with E-state index in [-0.39, 0.29) is 11.7 Å². The van der Waals surface area contributed by atoms with Crippen LogP contribution in [-0.4, -0.2) is 12.4 Å². The standard InChI is InChI=1S/C18H20O2/c1-4-20-17-10-8-14(9-11-17)15-6-5-7-16(12-15)18(19)13(2)3/h5-13H,4H2,1-3H3. The number of Topliss-reactive ketones (excluding diaryl/α,β-unsaturated/α-hetero) is 1. The molecule has 2 aromatic rings. The first kappa shape index (κ1) is 14.3. The Balaban J connectivity index is 2.28. The molecule has 0 N–H and O–H groups in total. The molecule has 0 aromatic heterocycles. The normalized spacial score (nSPS) is 10.6. The lowest BCUT2D eigenvalue weighted by atomic mass is 9.97. The van der Waals surface area contributed by atoms with Gasteiger partial charge in [-0.15, -0.1) is 0 Å². The zero-order valence-electron chi connectivity index (χ0n) is 12.2. The molecule has 104 valence electrons. The third-order valence-electron chi connectivity index (χ3n) is 3.17. The van der Waals surface area contributed by atoms with E-state index in [4.69, 9.17) is 4.74 Å². The van der Waals surface area contributed by atoms with Crippen LogP contribution in [0.1, 0.15) is 31.1 Å². The van der Waals surface area contributed by atoms with E-state index in [2.05, 4.69) is 0 Å². The molecule has 0 amide bonds. The van der Waals surface area contributed by atoms with Crippen LogP contribution >= 0.6 is 0 Å². The van der Waals surface area contributed by atoms with Crippen molar-refractivity contribution in [1.29, 1.82) is 0 Å². The molecule has 0 fully saturated rings. The summed E-state index contributed by atoms with van der Waals surface area (Å²) >= 11 is 0. The Morgan fingerprint density at radius 1 is 1.05 bits per heavy atom. The highest BCUT2D eigenvalue weighted by Gasteiger charge is 2.11. The first-order chi connectivity index (χ1) is 9.61. The zero-order chi connectivity index (χ0) is 14.5. The Kier molecular flexibility index (Phi) is 4.57. The van der Waals surface area contributed by atoms with Crippen molar-refractivity contribution in [3.63, 3.8) is 0 Å². The summed E-state index contributed by atoms with van der Waals surface area (Å²) in [7, 11) is 0. The van der Waals surface area contributed by atoms with Crippen LogP contribution in [-0.2, 0) is 0 Å². The zero-order valence-corrected chi connectivity index (χ0v) is 12.2. The van der Waals surface area contributed by atoms with Gasteiger partial charge in [0.1, 0.15) is 5.75 Å². The molecule has 0 aliphatic heterocycles. The van der Waals surface area contributed by atoms with Gasteiger partial charge >= 0.3 is 0 Å². The minimum atomic E-state index is 0.0191. The number of carbonyl (C=O) groups excluding carboxylic acids is 1. The summed E-state index contributed by atoms with van der Waals surface area (Å²) in [5.41, 5.74) is 2.91. The van der Waals surface area contributed by atoms with Gasteiger partial charge in [0.05, 0.1) is 6.61 Å². The van der Waals surface area contributed by atoms with Crippen molar-refractivity contribution in [2.75, 3.05) is 6.61 Å². The summed E-state index contributed by atoms with van der Waals surface area (Å²) in [6.45, 7) is 6.48. The summed E-state index contributed by atoms with van der Waals surface area (Å²) in [5, 5.41) is 0. The summed E-state index contributed by atoms with van der Waals surface area (Å²) in [4.78, 5) is 12.0. The summed E-state index contributed by atoms with van der Waals surface area (Å²) in [6, 6.07) is 15.7. The van der Waals surface area contributed by atoms with Crippen LogP contribution < -0.4 is 4.74 Å². The van der Waals surface area contributed by atoms with Gasteiger partial charge in [-0.05, 0) is 36.2 Å². The quantitative estimate of drug-likeness (QED) is 0.741. The van der Waals surface area contributed by atoms with Gasteiger partial charge < -0.3 is 4.74 Å². The van der Waals surface area contributed by atoms with Crippen molar-refractivity contribution < 1.29 is 9.53 Å². The van der Waals surface area contributed by atoms with E-state index in [0.717, 1.165) is 22.4 Å². The Labute approximate surface area is 120 Å². The lowest BCUT2D eigenvalue weighted by Gasteiger charge is -2.08. The molecule has 2 rings (SSSR count). The van der Waals surface area contributed by atoms with Crippen LogP contribution in [0.25, 0.3) is 11.1 Å². The van der Waals surface area contributed by atoms with Crippen molar-refractivity contribution in [3.8, 4) is 16.9 Å². The summed E-state index contributed by atoms with van der Waals surface area (Å²) < 4.78 is 5.44. The fourth-order valence-corrected chi connectivity index (χ4v) is 2.10. The molecule has 0 aliphatic carbocycles. The summed E-state index contributed by atoms with van der Waals surface area (Å²) in [6.07, 6.45) is 0. The maximum atomic E-state index is 12.0. The topological polar surface area (TPSA) is 26.3 Å². The number of rotatable bonds is 5. The molecule has 20 heavy (non-hydrogen) atoms. The van der Waals surface area contributed by atoms with Crippen molar-refractivity contribution in [2.45, 2.75) is 20.8 Å². The second-order valence-electron chi connectivity index (χ2n) is 5.06. The molecule has 2 nitrogen and oxygen atoms in total. The van der Waals surface area contributed by atoms with E-state index in [1.165, 1.54) is 0 Å². The molecular weight excluding hydrogens is 248 g/mol. The largest absolute Gasteiger partial charge is 0.494 e. The van der Waals surface area contributed by atoms with Gasteiger partial charge in [-0.1, -0.05) is 44.2 Å². The van der Waals surface area contributed by atoms with Gasteiger partial charge in [0, 0.05) is 11.5 Å². The van der Waals surface area contributed by atoms with Crippen LogP contribution in [0.5, 0.6) is 5.75 Å². The van der Waals surface area contributed by atoms with Crippen LogP contribution in [0.4, 0.5) is 0 Å². The van der Waals surface area contributed by atoms with Gasteiger partial charge in [0.15, 0.2) is 5.78 Å². The average Bonchev–Trinajstić information content (AvgIpc) is 2.47. The lowest BCUT2D eigenvalue weighted by molar-refractivity contribution is 0.0939. The highest BCUT2D eigenvalue weighted by atomic mass is 16.5. The molecule has 2 heteroatoms. The molecule has 2 aromatic carbocycles. The Bertz CT molecular complexity index is 583. The average molecular weight is 268 g/mol. The number of benzene rings is 2. The molecule has 0 saturated heterocycles. The molecule has 0 atom stereocenters. The van der Waals surface area contributed by atoms with Crippen LogP contribution in [0.2, 0.25) is 0 Å². The van der Waals surface area contributed by atoms with Crippen LogP contribution in [0.3, 0.4) is 0 Å². The molecule has 0 radical (unpaired) electrons. The summed E-state index contributed by atoms with van der Waals surface area (Å²) in [5.74, 6) is 1.06. The number of hydrogen-bond donors (Lipinski definition) is 0. The number of hydrogen-bond acceptors (Lipinski definition) is 2. The highest BCUT2D eigenvalue weighted by Crippen LogP contribution is 2.24. The maximum Gasteiger partial charge on any atom is 0.165 e.